The van der Waals surface area contributed by atoms with Crippen LogP contribution in [-0.2, 0) is 10.9 Å². The highest BCUT2D eigenvalue weighted by molar-refractivity contribution is 9.10. The molecule has 1 amide bonds. The van der Waals surface area contributed by atoms with E-state index < -0.39 is 40.7 Å². The van der Waals surface area contributed by atoms with E-state index in [-0.39, 0.29) is 15.9 Å². The number of benzene rings is 1. The summed E-state index contributed by atoms with van der Waals surface area (Å²) in [5.74, 6) is -4.54. The van der Waals surface area contributed by atoms with Crippen LogP contribution in [0, 0.1) is 5.82 Å². The fourth-order valence-electron chi connectivity index (χ4n) is 2.15. The van der Waals surface area contributed by atoms with E-state index in [1.165, 1.54) is 12.3 Å². The number of methoxy groups -OCH3 is 2. The zero-order chi connectivity index (χ0) is 20.4. The molecule has 0 aliphatic rings. The third-order valence-corrected chi connectivity index (χ3v) is 3.95. The molecule has 27 heavy (non-hydrogen) atoms. The predicted octanol–water partition coefficient (Wildman–Crippen LogP) is 4.05. The first-order valence-electron chi connectivity index (χ1n) is 7.09. The van der Waals surface area contributed by atoms with E-state index in [0.29, 0.717) is 0 Å². The summed E-state index contributed by atoms with van der Waals surface area (Å²) in [5.41, 5.74) is -2.73. The van der Waals surface area contributed by atoms with Crippen LogP contribution in [0.3, 0.4) is 0 Å². The molecule has 0 aliphatic heterocycles. The van der Waals surface area contributed by atoms with E-state index in [1.54, 1.807) is 0 Å². The van der Waals surface area contributed by atoms with Gasteiger partial charge in [-0.25, -0.2) is 14.2 Å². The van der Waals surface area contributed by atoms with Crippen LogP contribution in [0.15, 0.2) is 28.9 Å². The lowest BCUT2D eigenvalue weighted by Crippen LogP contribution is -2.19. The van der Waals surface area contributed by atoms with E-state index in [9.17, 15) is 27.2 Å². The van der Waals surface area contributed by atoms with Gasteiger partial charge >= 0.3 is 12.1 Å². The topological polar surface area (TPSA) is 77.5 Å². The van der Waals surface area contributed by atoms with Gasteiger partial charge in [-0.1, -0.05) is 0 Å². The summed E-state index contributed by atoms with van der Waals surface area (Å²) in [6.07, 6.45) is -3.91. The summed E-state index contributed by atoms with van der Waals surface area (Å²) in [5, 5.41) is 2.21. The zero-order valence-corrected chi connectivity index (χ0v) is 15.4. The second kappa shape index (κ2) is 7.91. The number of nitrogens with one attached hydrogen (secondary N) is 1. The number of amides is 1. The third-order valence-electron chi connectivity index (χ3n) is 3.32. The number of anilines is 1. The molecular formula is C16H11BrF4N2O4. The molecule has 0 saturated heterocycles. The van der Waals surface area contributed by atoms with Gasteiger partial charge in [0, 0.05) is 16.4 Å². The van der Waals surface area contributed by atoms with Crippen molar-refractivity contribution in [3.8, 4) is 5.75 Å². The number of nitrogens with zero attached hydrogens (tertiary/aromatic N) is 1. The van der Waals surface area contributed by atoms with Crippen molar-refractivity contribution in [1.82, 2.24) is 4.98 Å². The number of hydrogen-bond donors (Lipinski definition) is 1. The summed E-state index contributed by atoms with van der Waals surface area (Å²) in [4.78, 5) is 27.5. The molecule has 2 aromatic rings. The molecule has 0 spiro atoms. The van der Waals surface area contributed by atoms with Gasteiger partial charge in [0.2, 0.25) is 0 Å². The monoisotopic (exact) mass is 450 g/mol. The Balaban J connectivity index is 2.47. The van der Waals surface area contributed by atoms with Crippen LogP contribution in [0.25, 0.3) is 0 Å². The van der Waals surface area contributed by atoms with Crippen molar-refractivity contribution in [1.29, 1.82) is 0 Å². The lowest BCUT2D eigenvalue weighted by atomic mass is 10.1. The van der Waals surface area contributed by atoms with Gasteiger partial charge in [-0.2, -0.15) is 13.2 Å². The molecule has 0 atom stereocenters. The van der Waals surface area contributed by atoms with Crippen molar-refractivity contribution in [2.45, 2.75) is 6.18 Å². The second-order valence-electron chi connectivity index (χ2n) is 5.00. The normalized spacial score (nSPS) is 11.1. The van der Waals surface area contributed by atoms with Crippen LogP contribution in [0.1, 0.15) is 26.4 Å². The maximum absolute atomic E-state index is 14.5. The minimum absolute atomic E-state index is 0.00563. The number of alkyl halides is 3. The number of aromatic nitrogens is 1. The molecule has 1 N–H and O–H groups in total. The maximum Gasteiger partial charge on any atom is 0.422 e. The molecule has 0 saturated carbocycles. The van der Waals surface area contributed by atoms with Crippen molar-refractivity contribution in [2.24, 2.45) is 0 Å². The van der Waals surface area contributed by atoms with Gasteiger partial charge in [-0.05, 0) is 34.1 Å². The Hall–Kier alpha value is -2.69. The zero-order valence-electron chi connectivity index (χ0n) is 13.8. The standard InChI is InChI=1S/C16H11BrF4N2O4/c1-26-10-6-8(17)11(13(18)12(10)16(19,20)21)14(24)23-7-3-4-22-9(5-7)15(25)27-2/h3-6H,1-2H3,(H,22,23,24). The number of hydrogen-bond acceptors (Lipinski definition) is 5. The van der Waals surface area contributed by atoms with E-state index >= 15 is 0 Å². The lowest BCUT2D eigenvalue weighted by molar-refractivity contribution is -0.141. The predicted molar refractivity (Wildman–Crippen MR) is 89.2 cm³/mol. The number of esters is 1. The fraction of sp³-hybridized carbons (Fsp3) is 0.188. The SMILES string of the molecule is COC(=O)c1cc(NC(=O)c2c(Br)cc(OC)c(C(F)(F)F)c2F)ccn1. The Kier molecular flexibility index (Phi) is 6.04. The Labute approximate surface area is 158 Å². The van der Waals surface area contributed by atoms with E-state index in [0.717, 1.165) is 26.4 Å². The number of ether oxygens (including phenoxy) is 2. The van der Waals surface area contributed by atoms with Crippen LogP contribution in [0.4, 0.5) is 23.2 Å². The fourth-order valence-corrected chi connectivity index (χ4v) is 2.71. The maximum atomic E-state index is 14.5. The molecule has 2 rings (SSSR count). The first kappa shape index (κ1) is 20.6. The van der Waals surface area contributed by atoms with E-state index in [4.69, 9.17) is 0 Å². The number of rotatable bonds is 4. The van der Waals surface area contributed by atoms with Crippen LogP contribution >= 0.6 is 15.9 Å². The molecule has 0 fully saturated rings. The molecule has 144 valence electrons. The summed E-state index contributed by atoms with van der Waals surface area (Å²) in [7, 11) is 2.07. The molecule has 1 heterocycles. The quantitative estimate of drug-likeness (QED) is 0.561. The molecular weight excluding hydrogens is 440 g/mol. The third kappa shape index (κ3) is 4.35. The number of carbonyl (C=O) groups is 2. The summed E-state index contributed by atoms with van der Waals surface area (Å²) < 4.78 is 62.8. The van der Waals surface area contributed by atoms with Gasteiger partial charge in [0.1, 0.15) is 17.0 Å². The Morgan fingerprint density at radius 1 is 1.22 bits per heavy atom. The number of pyridine rings is 1. The average molecular weight is 451 g/mol. The Morgan fingerprint density at radius 3 is 2.44 bits per heavy atom. The average Bonchev–Trinajstić information content (AvgIpc) is 2.59. The smallest absolute Gasteiger partial charge is 0.422 e. The molecule has 0 unspecified atom stereocenters. The van der Waals surface area contributed by atoms with Gasteiger partial charge in [0.25, 0.3) is 5.91 Å². The highest BCUT2D eigenvalue weighted by Crippen LogP contribution is 2.41. The molecule has 1 aromatic heterocycles. The van der Waals surface area contributed by atoms with Crippen molar-refractivity contribution in [3.63, 3.8) is 0 Å². The number of halogens is 5. The second-order valence-corrected chi connectivity index (χ2v) is 5.85. The van der Waals surface area contributed by atoms with Gasteiger partial charge in [-0.15, -0.1) is 0 Å². The van der Waals surface area contributed by atoms with Gasteiger partial charge in [-0.3, -0.25) is 4.79 Å². The van der Waals surface area contributed by atoms with Gasteiger partial charge in [0.15, 0.2) is 5.82 Å². The lowest BCUT2D eigenvalue weighted by Gasteiger charge is -2.16. The minimum Gasteiger partial charge on any atom is -0.496 e. The first-order valence-corrected chi connectivity index (χ1v) is 7.88. The van der Waals surface area contributed by atoms with Gasteiger partial charge < -0.3 is 14.8 Å². The van der Waals surface area contributed by atoms with Crippen molar-refractivity contribution >= 4 is 33.5 Å². The highest BCUT2D eigenvalue weighted by Gasteiger charge is 2.40. The summed E-state index contributed by atoms with van der Waals surface area (Å²) >= 11 is 2.87. The van der Waals surface area contributed by atoms with Crippen LogP contribution < -0.4 is 10.1 Å². The van der Waals surface area contributed by atoms with Crippen LogP contribution in [0.5, 0.6) is 5.75 Å². The largest absolute Gasteiger partial charge is 0.496 e. The van der Waals surface area contributed by atoms with Crippen molar-refractivity contribution in [2.75, 3.05) is 19.5 Å². The molecule has 1 aromatic carbocycles. The Morgan fingerprint density at radius 2 is 1.89 bits per heavy atom. The highest BCUT2D eigenvalue weighted by atomic mass is 79.9. The van der Waals surface area contributed by atoms with Crippen LogP contribution in [0.2, 0.25) is 0 Å². The molecule has 0 bridgehead atoms. The summed E-state index contributed by atoms with van der Waals surface area (Å²) in [6, 6.07) is 3.24. The van der Waals surface area contributed by atoms with Gasteiger partial charge in [0.05, 0.1) is 19.8 Å². The Bertz CT molecular complexity index is 903. The minimum atomic E-state index is -5.08. The van der Waals surface area contributed by atoms with Crippen LogP contribution in [-0.4, -0.2) is 31.1 Å². The molecule has 11 heteroatoms. The first-order chi connectivity index (χ1) is 12.6. The molecule has 0 radical (unpaired) electrons. The van der Waals surface area contributed by atoms with E-state index in [1.807, 2.05) is 0 Å². The molecule has 6 nitrogen and oxygen atoms in total. The summed E-state index contributed by atoms with van der Waals surface area (Å²) in [6.45, 7) is 0. The molecule has 0 aliphatic carbocycles. The number of carbonyl (C=O) groups excluding carboxylic acids is 2. The van der Waals surface area contributed by atoms with E-state index in [2.05, 4.69) is 35.7 Å². The van der Waals surface area contributed by atoms with Crippen molar-refractivity contribution in [3.05, 3.63) is 51.5 Å². The van der Waals surface area contributed by atoms with Crippen molar-refractivity contribution < 1.29 is 36.6 Å².